The smallest absolute Gasteiger partial charge is 0.293 e. The summed E-state index contributed by atoms with van der Waals surface area (Å²) in [6.07, 6.45) is 8.86. The Morgan fingerprint density at radius 3 is 2.49 bits per heavy atom. The number of aromatic amines is 1. The van der Waals surface area contributed by atoms with Crippen molar-refractivity contribution >= 4 is 61.2 Å². The van der Waals surface area contributed by atoms with E-state index in [0.29, 0.717) is 50.7 Å². The van der Waals surface area contributed by atoms with Gasteiger partial charge in [0, 0.05) is 72.2 Å². The number of sulfonamides is 1. The van der Waals surface area contributed by atoms with Gasteiger partial charge in [-0.3, -0.25) is 19.8 Å². The lowest BCUT2D eigenvalue weighted by molar-refractivity contribution is -0.384. The first kappa shape index (κ1) is 51.4. The van der Waals surface area contributed by atoms with Crippen molar-refractivity contribution in [2.24, 2.45) is 22.7 Å². The number of pyridine rings is 1. The Hall–Kier alpha value is -5.52. The molecule has 72 heavy (non-hydrogen) atoms. The summed E-state index contributed by atoms with van der Waals surface area (Å²) in [5.74, 6) is 0.00272. The molecule has 384 valence electrons. The number of nitrogens with one attached hydrogen (secondary N) is 3. The molecule has 6 atom stereocenters. The molecular formula is C55H68ClN7O8S. The van der Waals surface area contributed by atoms with Crippen molar-refractivity contribution in [2.45, 2.75) is 116 Å². The van der Waals surface area contributed by atoms with E-state index in [-0.39, 0.29) is 63.9 Å². The largest absolute Gasteiger partial charge is 0.455 e. The van der Waals surface area contributed by atoms with Crippen LogP contribution < -0.4 is 19.7 Å². The minimum Gasteiger partial charge on any atom is -0.455 e. The van der Waals surface area contributed by atoms with Crippen LogP contribution in [-0.4, -0.2) is 97.8 Å². The fraction of sp³-hybridized carbons (Fsp3) is 0.491. The van der Waals surface area contributed by atoms with Crippen molar-refractivity contribution in [3.8, 4) is 11.5 Å². The van der Waals surface area contributed by atoms with Crippen molar-refractivity contribution in [3.05, 3.63) is 117 Å². The van der Waals surface area contributed by atoms with Gasteiger partial charge in [0.2, 0.25) is 0 Å². The van der Waals surface area contributed by atoms with E-state index in [4.69, 9.17) is 25.8 Å². The van der Waals surface area contributed by atoms with E-state index in [1.54, 1.807) is 30.5 Å². The molecule has 3 N–H and O–H groups in total. The molecule has 0 bridgehead atoms. The zero-order valence-corrected chi connectivity index (χ0v) is 43.9. The molecule has 4 heterocycles. The third kappa shape index (κ3) is 11.2. The van der Waals surface area contributed by atoms with E-state index < -0.39 is 31.4 Å². The molecule has 0 spiro atoms. The van der Waals surface area contributed by atoms with Gasteiger partial charge in [-0.1, -0.05) is 63.9 Å². The van der Waals surface area contributed by atoms with E-state index in [0.717, 1.165) is 60.8 Å². The van der Waals surface area contributed by atoms with Crippen molar-refractivity contribution in [1.29, 1.82) is 0 Å². The normalized spacial score (nSPS) is 25.1. The number of nitro benzene ring substituents is 1. The molecule has 2 saturated heterocycles. The summed E-state index contributed by atoms with van der Waals surface area (Å²) in [4.78, 5) is 38.3. The highest BCUT2D eigenvalue weighted by molar-refractivity contribution is 7.90. The number of aromatic nitrogens is 2. The van der Waals surface area contributed by atoms with Crippen LogP contribution in [0.2, 0.25) is 5.02 Å². The summed E-state index contributed by atoms with van der Waals surface area (Å²) in [5, 5.41) is 17.6. The van der Waals surface area contributed by atoms with Crippen LogP contribution in [0.4, 0.5) is 17.1 Å². The molecule has 5 aromatic rings. The topological polar surface area (TPSA) is 181 Å². The molecule has 2 aliphatic carbocycles. The number of anilines is 2. The number of ether oxygens (including phenoxy) is 3. The maximum absolute atomic E-state index is 14.3. The number of allylic oxidation sites excluding steroid dienone is 1. The van der Waals surface area contributed by atoms with Gasteiger partial charge in [-0.2, -0.15) is 0 Å². The first-order valence-corrected chi connectivity index (χ1v) is 27.2. The summed E-state index contributed by atoms with van der Waals surface area (Å²) < 4.78 is 48.8. The third-order valence-electron chi connectivity index (χ3n) is 15.8. The molecule has 3 aromatic carbocycles. The van der Waals surface area contributed by atoms with Crippen LogP contribution in [0, 0.1) is 32.8 Å². The highest BCUT2D eigenvalue weighted by Crippen LogP contribution is 2.48. The fourth-order valence-corrected chi connectivity index (χ4v) is 12.7. The number of H-pyrrole nitrogens is 1. The summed E-state index contributed by atoms with van der Waals surface area (Å²) in [6.45, 7) is 19.5. The van der Waals surface area contributed by atoms with Crippen molar-refractivity contribution in [2.75, 3.05) is 49.7 Å². The molecule has 4 aliphatic rings. The number of benzene rings is 3. The lowest BCUT2D eigenvalue weighted by Gasteiger charge is -2.48. The number of nitro groups is 1. The third-order valence-corrected chi connectivity index (χ3v) is 17.4. The number of carbonyl (C=O) groups is 1. The van der Waals surface area contributed by atoms with Gasteiger partial charge >= 0.3 is 0 Å². The van der Waals surface area contributed by atoms with Crippen LogP contribution in [0.15, 0.2) is 95.7 Å². The number of piperazine rings is 1. The second kappa shape index (κ2) is 20.8. The fourth-order valence-electron chi connectivity index (χ4n) is 11.6. The van der Waals surface area contributed by atoms with E-state index in [1.165, 1.54) is 35.0 Å². The van der Waals surface area contributed by atoms with Crippen molar-refractivity contribution < 1.29 is 32.3 Å². The zero-order valence-electron chi connectivity index (χ0n) is 42.4. The molecule has 2 aromatic heterocycles. The molecular weight excluding hydrogens is 954 g/mol. The second-order valence-corrected chi connectivity index (χ2v) is 24.1. The summed E-state index contributed by atoms with van der Waals surface area (Å²) in [6, 6.07) is 20.9. The predicted molar refractivity (Wildman–Crippen MR) is 282 cm³/mol. The molecule has 0 radical (unpaired) electrons. The Kier molecular flexibility index (Phi) is 14.8. The lowest BCUT2D eigenvalue weighted by atomic mass is 9.64. The monoisotopic (exact) mass is 1020 g/mol. The van der Waals surface area contributed by atoms with Crippen LogP contribution in [-0.2, 0) is 19.5 Å². The zero-order chi connectivity index (χ0) is 51.1. The van der Waals surface area contributed by atoms with Crippen LogP contribution in [0.1, 0.15) is 103 Å². The summed E-state index contributed by atoms with van der Waals surface area (Å²) >= 11 is 6.30. The van der Waals surface area contributed by atoms with Crippen LogP contribution in [0.3, 0.4) is 0 Å². The molecule has 15 nitrogen and oxygen atoms in total. The van der Waals surface area contributed by atoms with Gasteiger partial charge < -0.3 is 29.4 Å². The minimum absolute atomic E-state index is 0.0432. The van der Waals surface area contributed by atoms with Crippen molar-refractivity contribution in [1.82, 2.24) is 19.6 Å². The Balaban J connectivity index is 0.958. The predicted octanol–water partition coefficient (Wildman–Crippen LogP) is 11.3. The lowest BCUT2D eigenvalue weighted by Crippen LogP contribution is -2.57. The molecule has 3 unspecified atom stereocenters. The Bertz CT molecular complexity index is 2940. The molecule has 1 amide bonds. The highest BCUT2D eigenvalue weighted by atomic mass is 35.5. The van der Waals surface area contributed by atoms with Gasteiger partial charge in [0.15, 0.2) is 0 Å². The van der Waals surface area contributed by atoms with Gasteiger partial charge in [-0.05, 0) is 135 Å². The van der Waals surface area contributed by atoms with Gasteiger partial charge in [0.25, 0.3) is 21.6 Å². The number of halogens is 1. The number of rotatable bonds is 14. The number of hydrogen-bond acceptors (Lipinski definition) is 12. The van der Waals surface area contributed by atoms with Gasteiger partial charge in [-0.15, -0.1) is 0 Å². The van der Waals surface area contributed by atoms with E-state index in [9.17, 15) is 23.3 Å². The Labute approximate surface area is 428 Å². The Morgan fingerprint density at radius 2 is 1.78 bits per heavy atom. The van der Waals surface area contributed by atoms with E-state index in [2.05, 4.69) is 90.4 Å². The number of amides is 1. The summed E-state index contributed by atoms with van der Waals surface area (Å²) in [5.41, 5.74) is 5.27. The maximum Gasteiger partial charge on any atom is 0.293 e. The SMILES string of the molecule is CC(C)C1CCC(C)([C@H]2COCCO2)CC1Nc1ccc(S(=O)(=O)NC(=O)c2ccc(N3C[C@@H](C)N(CC4=C(c5ccc(Cl)cc5)CC(C)(C)CC4)[C@H](C)C3)cc2Oc2cnc3[nH]ccc3c2)cc1[N+](=O)[O-]. The second-order valence-electron chi connectivity index (χ2n) is 21.9. The average Bonchev–Trinajstić information content (AvgIpc) is 3.81. The molecule has 1 saturated carbocycles. The van der Waals surface area contributed by atoms with Crippen LogP contribution >= 0.6 is 11.6 Å². The average molecular weight is 1020 g/mol. The minimum atomic E-state index is -4.64. The maximum atomic E-state index is 14.3. The van der Waals surface area contributed by atoms with Crippen LogP contribution in [0.25, 0.3) is 16.6 Å². The first-order valence-electron chi connectivity index (χ1n) is 25.3. The number of carbonyl (C=O) groups excluding carboxylic acids is 1. The molecule has 17 heteroatoms. The number of nitrogens with zero attached hydrogens (tertiary/aromatic N) is 4. The van der Waals surface area contributed by atoms with Crippen LogP contribution in [0.5, 0.6) is 11.5 Å². The highest BCUT2D eigenvalue weighted by Gasteiger charge is 2.45. The van der Waals surface area contributed by atoms with E-state index >= 15 is 0 Å². The van der Waals surface area contributed by atoms with Gasteiger partial charge in [0.05, 0.1) is 47.5 Å². The van der Waals surface area contributed by atoms with Gasteiger partial charge in [0.1, 0.15) is 22.8 Å². The summed E-state index contributed by atoms with van der Waals surface area (Å²) in [7, 11) is -4.64. The first-order chi connectivity index (χ1) is 34.3. The molecule has 2 aliphatic heterocycles. The van der Waals surface area contributed by atoms with Gasteiger partial charge in [-0.25, -0.2) is 18.1 Å². The Morgan fingerprint density at radius 1 is 1.01 bits per heavy atom. The molecule has 9 rings (SSSR count). The van der Waals surface area contributed by atoms with E-state index in [1.807, 2.05) is 18.2 Å². The quantitative estimate of drug-likeness (QED) is 0.0708. The number of fused-ring (bicyclic) bond motifs is 1. The van der Waals surface area contributed by atoms with Crippen molar-refractivity contribution in [3.63, 3.8) is 0 Å². The standard InChI is InChI=1S/C55H68ClN7O8S/c1-34(2)44-17-20-55(7,51-33-69-22-23-70-51)28-48(44)59-47-15-13-43(26-49(47)63(65)66)72(67,68)60-53(64)45-14-12-41(25-50(45)71-42-24-38-18-21-57-52(38)58-29-42)61-30-35(3)62(36(4)31-61)32-39-16-19-54(5,6)27-46(39)37-8-10-40(56)11-9-37/h8-15,18,21,24-26,29,34-36,44,48,51,59H,16-17,19-20,22-23,27-28,30-33H2,1-7H3,(H,57,58)(H,60,64)/t35-,36-,44?,48?,51-,55?/m1/s1. The number of hydrogen-bond donors (Lipinski definition) is 3. The molecule has 3 fully saturated rings.